The van der Waals surface area contributed by atoms with Crippen molar-refractivity contribution in [2.75, 3.05) is 13.1 Å². The SMILES string of the molecule is CB(O)N1CC2CC2(CN2C(=O)c3ccccc3C2=O)C1c1ccccc1. The van der Waals surface area contributed by atoms with E-state index in [-0.39, 0.29) is 23.3 Å². The fourth-order valence-electron chi connectivity index (χ4n) is 5.16. The van der Waals surface area contributed by atoms with Gasteiger partial charge in [-0.1, -0.05) is 42.5 Å². The number of nitrogens with zero attached hydrogens (tertiary/aromatic N) is 2. The average Bonchev–Trinajstić information content (AvgIpc) is 3.20. The van der Waals surface area contributed by atoms with E-state index >= 15 is 0 Å². The maximum atomic E-state index is 12.9. The van der Waals surface area contributed by atoms with Crippen LogP contribution in [0, 0.1) is 11.3 Å². The molecule has 3 atom stereocenters. The predicted molar refractivity (Wildman–Crippen MR) is 102 cm³/mol. The Kier molecular flexibility index (Phi) is 3.58. The maximum absolute atomic E-state index is 12.9. The van der Waals surface area contributed by atoms with Gasteiger partial charge in [0.1, 0.15) is 0 Å². The van der Waals surface area contributed by atoms with Crippen LogP contribution in [0.15, 0.2) is 54.6 Å². The van der Waals surface area contributed by atoms with Crippen molar-refractivity contribution in [3.63, 3.8) is 0 Å². The average molecular weight is 360 g/mol. The fraction of sp³-hybridized carbons (Fsp3) is 0.333. The Morgan fingerprint density at radius 2 is 1.63 bits per heavy atom. The van der Waals surface area contributed by atoms with Gasteiger partial charge in [0.25, 0.3) is 11.8 Å². The van der Waals surface area contributed by atoms with Crippen molar-refractivity contribution < 1.29 is 14.6 Å². The lowest BCUT2D eigenvalue weighted by atomic mass is 9.79. The Bertz CT molecular complexity index is 897. The zero-order valence-electron chi connectivity index (χ0n) is 15.2. The Labute approximate surface area is 158 Å². The third-order valence-electron chi connectivity index (χ3n) is 6.51. The largest absolute Gasteiger partial charge is 0.437 e. The Balaban J connectivity index is 1.50. The third-order valence-corrected chi connectivity index (χ3v) is 6.51. The van der Waals surface area contributed by atoms with Crippen LogP contribution in [-0.4, -0.2) is 46.7 Å². The minimum atomic E-state index is -0.568. The van der Waals surface area contributed by atoms with Crippen LogP contribution in [0.5, 0.6) is 0 Å². The Hall–Kier alpha value is -2.44. The molecule has 2 aromatic carbocycles. The summed E-state index contributed by atoms with van der Waals surface area (Å²) in [7, 11) is -0.568. The molecule has 0 spiro atoms. The summed E-state index contributed by atoms with van der Waals surface area (Å²) < 4.78 is 0. The molecule has 5 rings (SSSR count). The number of rotatable bonds is 4. The molecule has 2 heterocycles. The van der Waals surface area contributed by atoms with Crippen molar-refractivity contribution in [2.24, 2.45) is 11.3 Å². The first-order valence-corrected chi connectivity index (χ1v) is 9.47. The quantitative estimate of drug-likeness (QED) is 0.672. The summed E-state index contributed by atoms with van der Waals surface area (Å²) in [6.45, 7) is 2.99. The summed E-state index contributed by atoms with van der Waals surface area (Å²) in [6.07, 6.45) is 0.975. The molecule has 0 bridgehead atoms. The molecule has 5 nitrogen and oxygen atoms in total. The molecule has 2 fully saturated rings. The van der Waals surface area contributed by atoms with E-state index in [1.165, 1.54) is 4.90 Å². The highest BCUT2D eigenvalue weighted by atomic mass is 16.2. The van der Waals surface area contributed by atoms with Crippen LogP contribution in [0.4, 0.5) is 0 Å². The molecule has 1 N–H and O–H groups in total. The molecule has 2 aliphatic heterocycles. The van der Waals surface area contributed by atoms with E-state index in [2.05, 4.69) is 16.9 Å². The molecule has 1 aliphatic carbocycles. The lowest BCUT2D eigenvalue weighted by molar-refractivity contribution is 0.0599. The number of piperidine rings is 1. The number of carbonyl (C=O) groups excluding carboxylic acids is 2. The molecule has 27 heavy (non-hydrogen) atoms. The van der Waals surface area contributed by atoms with Crippen LogP contribution in [-0.2, 0) is 0 Å². The summed E-state index contributed by atoms with van der Waals surface area (Å²) in [5.74, 6) is -0.00233. The number of hydrogen-bond donors (Lipinski definition) is 1. The summed E-state index contributed by atoms with van der Waals surface area (Å²) >= 11 is 0. The number of fused-ring (bicyclic) bond motifs is 2. The highest BCUT2D eigenvalue weighted by molar-refractivity contribution is 6.45. The van der Waals surface area contributed by atoms with E-state index in [1.54, 1.807) is 31.1 Å². The minimum Gasteiger partial charge on any atom is -0.437 e. The van der Waals surface area contributed by atoms with Gasteiger partial charge in [0.2, 0.25) is 0 Å². The molecule has 1 saturated carbocycles. The summed E-state index contributed by atoms with van der Waals surface area (Å²) in [6, 6.07) is 17.2. The van der Waals surface area contributed by atoms with Crippen LogP contribution >= 0.6 is 0 Å². The van der Waals surface area contributed by atoms with Gasteiger partial charge >= 0.3 is 7.05 Å². The monoisotopic (exact) mass is 360 g/mol. The van der Waals surface area contributed by atoms with E-state index in [0.29, 0.717) is 23.6 Å². The summed E-state index contributed by atoms with van der Waals surface area (Å²) in [5, 5.41) is 10.3. The van der Waals surface area contributed by atoms with E-state index < -0.39 is 7.05 Å². The van der Waals surface area contributed by atoms with Gasteiger partial charge in [0, 0.05) is 18.0 Å². The van der Waals surface area contributed by atoms with Gasteiger partial charge < -0.3 is 9.83 Å². The molecule has 1 saturated heterocycles. The van der Waals surface area contributed by atoms with Crippen molar-refractivity contribution in [1.29, 1.82) is 0 Å². The highest BCUT2D eigenvalue weighted by Crippen LogP contribution is 2.67. The van der Waals surface area contributed by atoms with Crippen molar-refractivity contribution in [3.05, 3.63) is 71.3 Å². The first-order chi connectivity index (χ1) is 13.0. The highest BCUT2D eigenvalue weighted by Gasteiger charge is 2.68. The summed E-state index contributed by atoms with van der Waals surface area (Å²) in [4.78, 5) is 29.2. The van der Waals surface area contributed by atoms with E-state index in [9.17, 15) is 14.6 Å². The predicted octanol–water partition coefficient (Wildman–Crippen LogP) is 2.46. The number of amides is 2. The van der Waals surface area contributed by atoms with Crippen molar-refractivity contribution in [3.8, 4) is 0 Å². The van der Waals surface area contributed by atoms with Crippen molar-refractivity contribution in [2.45, 2.75) is 19.3 Å². The lowest BCUT2D eigenvalue weighted by Crippen LogP contribution is -2.43. The van der Waals surface area contributed by atoms with Gasteiger partial charge in [-0.25, -0.2) is 0 Å². The van der Waals surface area contributed by atoms with E-state index in [4.69, 9.17) is 0 Å². The van der Waals surface area contributed by atoms with Crippen molar-refractivity contribution in [1.82, 2.24) is 9.71 Å². The number of hydrogen-bond acceptors (Lipinski definition) is 4. The van der Waals surface area contributed by atoms with Gasteiger partial charge in [0.15, 0.2) is 0 Å². The van der Waals surface area contributed by atoms with Crippen LogP contribution in [0.3, 0.4) is 0 Å². The smallest absolute Gasteiger partial charge is 0.376 e. The number of imide groups is 1. The molecule has 0 radical (unpaired) electrons. The van der Waals surface area contributed by atoms with Gasteiger partial charge in [-0.3, -0.25) is 14.5 Å². The first kappa shape index (κ1) is 16.7. The second-order valence-corrected chi connectivity index (χ2v) is 8.02. The fourth-order valence-corrected chi connectivity index (χ4v) is 5.16. The Morgan fingerprint density at radius 1 is 1.04 bits per heavy atom. The van der Waals surface area contributed by atoms with Gasteiger partial charge in [-0.2, -0.15) is 0 Å². The molecular formula is C21H21BN2O3. The van der Waals surface area contributed by atoms with Crippen LogP contribution < -0.4 is 0 Å². The molecule has 2 aromatic rings. The molecular weight excluding hydrogens is 339 g/mol. The van der Waals surface area contributed by atoms with Crippen molar-refractivity contribution >= 4 is 18.9 Å². The lowest BCUT2D eigenvalue weighted by Gasteiger charge is -2.35. The van der Waals surface area contributed by atoms with E-state index in [0.717, 1.165) is 18.5 Å². The standard InChI is InChI=1S/C21H21BN2O3/c1-22(27)24-12-15-11-21(15,18(24)14-7-3-2-4-8-14)13-23-19(25)16-9-5-6-10-17(16)20(23)26/h2-10,15,18,27H,11-13H2,1H3. The first-order valence-electron chi connectivity index (χ1n) is 9.47. The third kappa shape index (κ3) is 2.33. The topological polar surface area (TPSA) is 60.9 Å². The normalized spacial score (nSPS) is 29.0. The number of carbonyl (C=O) groups is 2. The molecule has 3 aliphatic rings. The molecule has 2 amide bonds. The van der Waals surface area contributed by atoms with Crippen LogP contribution in [0.25, 0.3) is 0 Å². The second-order valence-electron chi connectivity index (χ2n) is 8.02. The molecule has 6 heteroatoms. The number of benzene rings is 2. The van der Waals surface area contributed by atoms with Crippen LogP contribution in [0.1, 0.15) is 38.7 Å². The molecule has 3 unspecified atom stereocenters. The van der Waals surface area contributed by atoms with Crippen LogP contribution in [0.2, 0.25) is 6.82 Å². The van der Waals surface area contributed by atoms with E-state index in [1.807, 2.05) is 18.2 Å². The molecule has 136 valence electrons. The zero-order chi connectivity index (χ0) is 18.8. The van der Waals surface area contributed by atoms with Gasteiger partial charge in [0.05, 0.1) is 11.1 Å². The summed E-state index contributed by atoms with van der Waals surface area (Å²) in [5.41, 5.74) is 1.96. The minimum absolute atomic E-state index is 0.00742. The Morgan fingerprint density at radius 3 is 2.22 bits per heavy atom. The second kappa shape index (κ2) is 5.78. The van der Waals surface area contributed by atoms with Gasteiger partial charge in [-0.05, 0) is 43.4 Å². The zero-order valence-corrected chi connectivity index (χ0v) is 15.2. The maximum Gasteiger partial charge on any atom is 0.376 e. The van der Waals surface area contributed by atoms with Gasteiger partial charge in [-0.15, -0.1) is 0 Å². The molecule has 0 aromatic heterocycles.